The van der Waals surface area contributed by atoms with E-state index in [1.807, 2.05) is 12.1 Å². The van der Waals surface area contributed by atoms with E-state index in [0.717, 1.165) is 61.8 Å². The van der Waals surface area contributed by atoms with Crippen LogP contribution >= 0.6 is 0 Å². The second-order valence-electron chi connectivity index (χ2n) is 6.83. The van der Waals surface area contributed by atoms with Gasteiger partial charge in [-0.05, 0) is 31.5 Å². The van der Waals surface area contributed by atoms with Crippen molar-refractivity contribution in [1.29, 1.82) is 0 Å². The first kappa shape index (κ1) is 16.9. The number of nitrogens with one attached hydrogen (secondary N) is 2. The lowest BCUT2D eigenvalue weighted by Gasteiger charge is -2.22. The second-order valence-corrected chi connectivity index (χ2v) is 6.83. The minimum atomic E-state index is 0.0268. The number of pyridine rings is 1. The summed E-state index contributed by atoms with van der Waals surface area (Å²) in [6, 6.07) is 3.88. The smallest absolute Gasteiger partial charge is 0.224 e. The summed E-state index contributed by atoms with van der Waals surface area (Å²) in [7, 11) is 1.70. The van der Waals surface area contributed by atoms with Gasteiger partial charge in [0.2, 0.25) is 5.91 Å². The number of nitrogens with zero attached hydrogens (tertiary/aromatic N) is 4. The van der Waals surface area contributed by atoms with Gasteiger partial charge in [0.1, 0.15) is 5.82 Å². The molecule has 2 aliphatic heterocycles. The third kappa shape index (κ3) is 3.26. The number of aromatic nitrogens is 3. The Bertz CT molecular complexity index is 794. The Hall–Kier alpha value is -2.54. The summed E-state index contributed by atoms with van der Waals surface area (Å²) in [5.74, 6) is 1.88. The lowest BCUT2D eigenvalue weighted by molar-refractivity contribution is -0.123. The molecule has 7 heteroatoms. The van der Waals surface area contributed by atoms with Crippen molar-refractivity contribution in [3.63, 3.8) is 0 Å². The molecule has 136 valence electrons. The SMILES string of the molecule is CNC(=O)[C@H]1CCN(c2nc(-c3ccncc3)nc3c2CCNCC3)C1. The van der Waals surface area contributed by atoms with E-state index >= 15 is 0 Å². The zero-order valence-corrected chi connectivity index (χ0v) is 15.0. The summed E-state index contributed by atoms with van der Waals surface area (Å²) < 4.78 is 0. The Balaban J connectivity index is 1.74. The van der Waals surface area contributed by atoms with Gasteiger partial charge < -0.3 is 15.5 Å². The summed E-state index contributed by atoms with van der Waals surface area (Å²) in [6.45, 7) is 3.43. The van der Waals surface area contributed by atoms with Crippen molar-refractivity contribution >= 4 is 11.7 Å². The molecule has 0 bridgehead atoms. The van der Waals surface area contributed by atoms with E-state index in [0.29, 0.717) is 6.54 Å². The van der Waals surface area contributed by atoms with Crippen molar-refractivity contribution in [1.82, 2.24) is 25.6 Å². The van der Waals surface area contributed by atoms with Crippen molar-refractivity contribution in [2.45, 2.75) is 19.3 Å². The largest absolute Gasteiger partial charge is 0.359 e. The number of hydrogen-bond acceptors (Lipinski definition) is 6. The molecule has 1 amide bonds. The molecule has 2 aromatic heterocycles. The molecule has 0 saturated carbocycles. The van der Waals surface area contributed by atoms with Gasteiger partial charge in [0.25, 0.3) is 0 Å². The summed E-state index contributed by atoms with van der Waals surface area (Å²) in [6.07, 6.45) is 6.21. The maximum absolute atomic E-state index is 12.0. The highest BCUT2D eigenvalue weighted by atomic mass is 16.1. The molecule has 0 aromatic carbocycles. The Morgan fingerprint density at radius 3 is 2.85 bits per heavy atom. The van der Waals surface area contributed by atoms with Crippen LogP contribution in [0.15, 0.2) is 24.5 Å². The average molecular weight is 352 g/mol. The number of rotatable bonds is 3. The van der Waals surface area contributed by atoms with Crippen LogP contribution in [0.2, 0.25) is 0 Å². The molecular weight excluding hydrogens is 328 g/mol. The minimum Gasteiger partial charge on any atom is -0.359 e. The zero-order chi connectivity index (χ0) is 17.9. The average Bonchev–Trinajstić information content (AvgIpc) is 3.06. The molecule has 26 heavy (non-hydrogen) atoms. The van der Waals surface area contributed by atoms with E-state index < -0.39 is 0 Å². The molecule has 4 rings (SSSR count). The standard InChI is InChI=1S/C19H24N6O/c1-20-19(26)14-6-11-25(12-14)18-15-4-9-22-10-5-16(15)23-17(24-18)13-2-7-21-8-3-13/h2-3,7-8,14,22H,4-6,9-12H2,1H3,(H,20,26)/t14-/m0/s1. The fraction of sp³-hybridized carbons (Fsp3) is 0.474. The third-order valence-corrected chi connectivity index (χ3v) is 5.20. The molecule has 2 aliphatic rings. The van der Waals surface area contributed by atoms with Gasteiger partial charge >= 0.3 is 0 Å². The fourth-order valence-electron chi connectivity index (χ4n) is 3.79. The maximum atomic E-state index is 12.0. The van der Waals surface area contributed by atoms with Gasteiger partial charge in [-0.2, -0.15) is 0 Å². The van der Waals surface area contributed by atoms with Crippen molar-refractivity contribution < 1.29 is 4.79 Å². The van der Waals surface area contributed by atoms with Crippen LogP contribution in [-0.2, 0) is 17.6 Å². The molecule has 1 fully saturated rings. The Morgan fingerprint density at radius 2 is 2.04 bits per heavy atom. The molecule has 0 unspecified atom stereocenters. The van der Waals surface area contributed by atoms with Crippen molar-refractivity contribution in [3.8, 4) is 11.4 Å². The van der Waals surface area contributed by atoms with Crippen LogP contribution < -0.4 is 15.5 Å². The van der Waals surface area contributed by atoms with Gasteiger partial charge in [-0.3, -0.25) is 9.78 Å². The van der Waals surface area contributed by atoms with Crippen LogP contribution in [0.1, 0.15) is 17.7 Å². The first-order chi connectivity index (χ1) is 12.8. The highest BCUT2D eigenvalue weighted by Crippen LogP contribution is 2.30. The Morgan fingerprint density at radius 1 is 1.23 bits per heavy atom. The topological polar surface area (TPSA) is 83.0 Å². The highest BCUT2D eigenvalue weighted by Gasteiger charge is 2.31. The Labute approximate surface area is 153 Å². The second kappa shape index (κ2) is 7.37. The molecule has 0 radical (unpaired) electrons. The van der Waals surface area contributed by atoms with E-state index in [1.54, 1.807) is 19.4 Å². The number of amides is 1. The van der Waals surface area contributed by atoms with E-state index in [-0.39, 0.29) is 11.8 Å². The van der Waals surface area contributed by atoms with Crippen molar-refractivity contribution in [2.75, 3.05) is 38.1 Å². The van der Waals surface area contributed by atoms with Crippen LogP contribution in [-0.4, -0.2) is 54.1 Å². The zero-order valence-electron chi connectivity index (χ0n) is 15.0. The number of carbonyl (C=O) groups excluding carboxylic acids is 1. The van der Waals surface area contributed by atoms with E-state index in [2.05, 4.69) is 20.5 Å². The monoisotopic (exact) mass is 352 g/mol. The van der Waals surface area contributed by atoms with Crippen molar-refractivity contribution in [3.05, 3.63) is 35.8 Å². The van der Waals surface area contributed by atoms with Gasteiger partial charge in [-0.15, -0.1) is 0 Å². The summed E-state index contributed by atoms with van der Waals surface area (Å²) in [5, 5.41) is 6.22. The summed E-state index contributed by atoms with van der Waals surface area (Å²) >= 11 is 0. The normalized spacial score (nSPS) is 19.7. The number of carbonyl (C=O) groups is 1. The van der Waals surface area contributed by atoms with Gasteiger partial charge in [-0.25, -0.2) is 9.97 Å². The van der Waals surface area contributed by atoms with E-state index in [9.17, 15) is 4.79 Å². The lowest BCUT2D eigenvalue weighted by atomic mass is 10.1. The van der Waals surface area contributed by atoms with E-state index in [1.165, 1.54) is 5.56 Å². The molecule has 0 spiro atoms. The van der Waals surface area contributed by atoms with Crippen LogP contribution in [0, 0.1) is 5.92 Å². The van der Waals surface area contributed by atoms with Gasteiger partial charge in [0.15, 0.2) is 5.82 Å². The molecule has 2 aromatic rings. The van der Waals surface area contributed by atoms with E-state index in [4.69, 9.17) is 9.97 Å². The van der Waals surface area contributed by atoms with Crippen LogP contribution in [0.5, 0.6) is 0 Å². The van der Waals surface area contributed by atoms with Gasteiger partial charge in [0, 0.05) is 56.6 Å². The molecule has 7 nitrogen and oxygen atoms in total. The number of hydrogen-bond donors (Lipinski definition) is 2. The molecule has 4 heterocycles. The first-order valence-electron chi connectivity index (χ1n) is 9.23. The quantitative estimate of drug-likeness (QED) is 0.850. The maximum Gasteiger partial charge on any atom is 0.224 e. The predicted octanol–water partition coefficient (Wildman–Crippen LogP) is 0.799. The minimum absolute atomic E-state index is 0.0268. The summed E-state index contributed by atoms with van der Waals surface area (Å²) in [4.78, 5) is 28.2. The molecular formula is C19H24N6O. The highest BCUT2D eigenvalue weighted by molar-refractivity contribution is 5.79. The van der Waals surface area contributed by atoms with Gasteiger partial charge in [0.05, 0.1) is 11.6 Å². The van der Waals surface area contributed by atoms with Crippen molar-refractivity contribution in [2.24, 2.45) is 5.92 Å². The lowest BCUT2D eigenvalue weighted by Crippen LogP contribution is -2.31. The number of anilines is 1. The Kier molecular flexibility index (Phi) is 4.79. The van der Waals surface area contributed by atoms with Crippen LogP contribution in [0.25, 0.3) is 11.4 Å². The molecule has 0 aliphatic carbocycles. The fourth-order valence-corrected chi connectivity index (χ4v) is 3.79. The first-order valence-corrected chi connectivity index (χ1v) is 9.23. The summed E-state index contributed by atoms with van der Waals surface area (Å²) in [5.41, 5.74) is 3.32. The molecule has 1 saturated heterocycles. The molecule has 1 atom stereocenters. The third-order valence-electron chi connectivity index (χ3n) is 5.20. The number of fused-ring (bicyclic) bond motifs is 1. The van der Waals surface area contributed by atoms with Crippen LogP contribution in [0.3, 0.4) is 0 Å². The predicted molar refractivity (Wildman–Crippen MR) is 99.9 cm³/mol. The molecule has 2 N–H and O–H groups in total. The van der Waals surface area contributed by atoms with Crippen LogP contribution in [0.4, 0.5) is 5.82 Å². The van der Waals surface area contributed by atoms with Gasteiger partial charge in [-0.1, -0.05) is 0 Å².